The van der Waals surface area contributed by atoms with Gasteiger partial charge in [0.15, 0.2) is 0 Å². The van der Waals surface area contributed by atoms with Gasteiger partial charge in [0, 0.05) is 34.7 Å². The second kappa shape index (κ2) is 10.2. The summed E-state index contributed by atoms with van der Waals surface area (Å²) >= 11 is 12.1. The van der Waals surface area contributed by atoms with Gasteiger partial charge in [0.2, 0.25) is 0 Å². The van der Waals surface area contributed by atoms with Crippen LogP contribution in [0.25, 0.3) is 0 Å². The van der Waals surface area contributed by atoms with Crippen LogP contribution in [-0.2, 0) is 6.61 Å². The molecule has 0 bridgehead atoms. The van der Waals surface area contributed by atoms with E-state index in [1.165, 1.54) is 0 Å². The molecule has 1 heterocycles. The minimum atomic E-state index is 0. The zero-order chi connectivity index (χ0) is 18.5. The third-order valence-corrected chi connectivity index (χ3v) is 5.29. The fourth-order valence-electron chi connectivity index (χ4n) is 3.11. The van der Waals surface area contributed by atoms with Gasteiger partial charge < -0.3 is 15.0 Å². The van der Waals surface area contributed by atoms with Gasteiger partial charge in [0.25, 0.3) is 5.91 Å². The van der Waals surface area contributed by atoms with Gasteiger partial charge in [-0.1, -0.05) is 41.4 Å². The Bertz CT molecular complexity index is 778. The molecule has 1 N–H and O–H groups in total. The number of hydrogen-bond donors (Lipinski definition) is 1. The Labute approximate surface area is 176 Å². The second-order valence-electron chi connectivity index (χ2n) is 6.38. The van der Waals surface area contributed by atoms with E-state index in [4.69, 9.17) is 27.9 Å². The van der Waals surface area contributed by atoms with Crippen LogP contribution < -0.4 is 10.1 Å². The zero-order valence-corrected chi connectivity index (χ0v) is 17.4. The standard InChI is InChI=1S/C20H22Cl2N2O2.ClH/c1-23-16-8-10-24(11-9-16)20(25)17-4-2-3-5-19(17)26-13-14-6-7-15(21)12-18(14)22;/h2-7,12,16,23H,8-11,13H2,1H3;1H. The number of amides is 1. The Hall–Kier alpha value is -1.46. The number of carbonyl (C=O) groups is 1. The number of nitrogens with zero attached hydrogens (tertiary/aromatic N) is 1. The summed E-state index contributed by atoms with van der Waals surface area (Å²) in [5.41, 5.74) is 1.41. The molecule has 1 aliphatic rings. The molecule has 146 valence electrons. The van der Waals surface area contributed by atoms with Crippen LogP contribution in [0.1, 0.15) is 28.8 Å². The molecule has 1 fully saturated rings. The van der Waals surface area contributed by atoms with Crippen molar-refractivity contribution in [2.75, 3.05) is 20.1 Å². The summed E-state index contributed by atoms with van der Waals surface area (Å²) in [6.45, 7) is 1.78. The summed E-state index contributed by atoms with van der Waals surface area (Å²) < 4.78 is 5.91. The second-order valence-corrected chi connectivity index (χ2v) is 7.22. The number of para-hydroxylation sites is 1. The van der Waals surface area contributed by atoms with Gasteiger partial charge in [0.1, 0.15) is 12.4 Å². The topological polar surface area (TPSA) is 41.6 Å². The highest BCUT2D eigenvalue weighted by atomic mass is 35.5. The fourth-order valence-corrected chi connectivity index (χ4v) is 3.57. The molecule has 2 aromatic carbocycles. The SMILES string of the molecule is CNC1CCN(C(=O)c2ccccc2OCc2ccc(Cl)cc2Cl)CC1.Cl. The Morgan fingerprint density at radius 1 is 1.19 bits per heavy atom. The van der Waals surface area contributed by atoms with Crippen LogP contribution in [0.2, 0.25) is 10.0 Å². The van der Waals surface area contributed by atoms with E-state index in [1.807, 2.05) is 42.3 Å². The molecule has 2 aromatic rings. The molecule has 3 rings (SSSR count). The average molecular weight is 430 g/mol. The lowest BCUT2D eigenvalue weighted by Crippen LogP contribution is -2.44. The fraction of sp³-hybridized carbons (Fsp3) is 0.350. The van der Waals surface area contributed by atoms with Crippen molar-refractivity contribution in [1.82, 2.24) is 10.2 Å². The molecule has 7 heteroatoms. The highest BCUT2D eigenvalue weighted by Crippen LogP contribution is 2.26. The molecule has 0 aliphatic carbocycles. The van der Waals surface area contributed by atoms with Crippen molar-refractivity contribution >= 4 is 41.5 Å². The van der Waals surface area contributed by atoms with Gasteiger partial charge in [0.05, 0.1) is 5.56 Å². The van der Waals surface area contributed by atoms with Crippen molar-refractivity contribution < 1.29 is 9.53 Å². The quantitative estimate of drug-likeness (QED) is 0.741. The van der Waals surface area contributed by atoms with E-state index in [9.17, 15) is 4.79 Å². The predicted octanol–water partition coefficient (Wildman–Crippen LogP) is 4.82. The number of halogens is 3. The van der Waals surface area contributed by atoms with Gasteiger partial charge in [-0.15, -0.1) is 12.4 Å². The molecule has 0 radical (unpaired) electrons. The van der Waals surface area contributed by atoms with Gasteiger partial charge in [-0.05, 0) is 44.2 Å². The lowest BCUT2D eigenvalue weighted by atomic mass is 10.0. The van der Waals surface area contributed by atoms with Crippen molar-refractivity contribution in [2.45, 2.75) is 25.5 Å². The van der Waals surface area contributed by atoms with Crippen LogP contribution in [0.4, 0.5) is 0 Å². The van der Waals surface area contributed by atoms with E-state index in [1.54, 1.807) is 12.1 Å². The Morgan fingerprint density at radius 2 is 1.89 bits per heavy atom. The molecular formula is C20H23Cl3N2O2. The summed E-state index contributed by atoms with van der Waals surface area (Å²) in [7, 11) is 1.97. The molecule has 1 amide bonds. The molecule has 0 saturated carbocycles. The van der Waals surface area contributed by atoms with Crippen molar-refractivity contribution in [3.8, 4) is 5.75 Å². The first-order chi connectivity index (χ1) is 12.6. The number of likely N-dealkylation sites (tertiary alicyclic amines) is 1. The maximum absolute atomic E-state index is 12.9. The Morgan fingerprint density at radius 3 is 2.56 bits per heavy atom. The minimum Gasteiger partial charge on any atom is -0.488 e. The van der Waals surface area contributed by atoms with Crippen molar-refractivity contribution in [3.05, 3.63) is 63.6 Å². The molecule has 0 spiro atoms. The van der Waals surface area contributed by atoms with Crippen molar-refractivity contribution in [2.24, 2.45) is 0 Å². The predicted molar refractivity (Wildman–Crippen MR) is 112 cm³/mol. The van der Waals surface area contributed by atoms with Gasteiger partial charge in [-0.25, -0.2) is 0 Å². The first-order valence-corrected chi connectivity index (χ1v) is 9.46. The zero-order valence-electron chi connectivity index (χ0n) is 15.1. The summed E-state index contributed by atoms with van der Waals surface area (Å²) in [4.78, 5) is 14.8. The lowest BCUT2D eigenvalue weighted by molar-refractivity contribution is 0.0702. The first-order valence-electron chi connectivity index (χ1n) is 8.71. The molecule has 1 aliphatic heterocycles. The van der Waals surface area contributed by atoms with E-state index in [2.05, 4.69) is 5.32 Å². The average Bonchev–Trinajstić information content (AvgIpc) is 2.67. The number of piperidine rings is 1. The van der Waals surface area contributed by atoms with Crippen molar-refractivity contribution in [1.29, 1.82) is 0 Å². The third-order valence-electron chi connectivity index (χ3n) is 4.71. The number of benzene rings is 2. The van der Waals surface area contributed by atoms with Crippen molar-refractivity contribution in [3.63, 3.8) is 0 Å². The smallest absolute Gasteiger partial charge is 0.257 e. The molecule has 4 nitrogen and oxygen atoms in total. The number of carbonyl (C=O) groups excluding carboxylic acids is 1. The van der Waals surface area contributed by atoms with Crippen LogP contribution in [-0.4, -0.2) is 37.0 Å². The van der Waals surface area contributed by atoms with Crippen LogP contribution in [0.5, 0.6) is 5.75 Å². The normalized spacial score (nSPS) is 14.6. The largest absolute Gasteiger partial charge is 0.488 e. The minimum absolute atomic E-state index is 0. The molecular weight excluding hydrogens is 407 g/mol. The third kappa shape index (κ3) is 5.52. The number of hydrogen-bond acceptors (Lipinski definition) is 3. The molecule has 1 saturated heterocycles. The highest BCUT2D eigenvalue weighted by molar-refractivity contribution is 6.35. The van der Waals surface area contributed by atoms with Gasteiger partial charge in [-0.3, -0.25) is 4.79 Å². The Kier molecular flexibility index (Phi) is 8.24. The van der Waals surface area contributed by atoms with E-state index in [0.717, 1.165) is 31.5 Å². The lowest BCUT2D eigenvalue weighted by Gasteiger charge is -2.32. The van der Waals surface area contributed by atoms with Crippen LogP contribution >= 0.6 is 35.6 Å². The van der Waals surface area contributed by atoms with E-state index >= 15 is 0 Å². The summed E-state index contributed by atoms with van der Waals surface area (Å²) in [5, 5.41) is 4.41. The number of ether oxygens (including phenoxy) is 1. The highest BCUT2D eigenvalue weighted by Gasteiger charge is 2.24. The summed E-state index contributed by atoms with van der Waals surface area (Å²) in [5.74, 6) is 0.580. The summed E-state index contributed by atoms with van der Waals surface area (Å²) in [6, 6.07) is 13.1. The van der Waals surface area contributed by atoms with E-state index < -0.39 is 0 Å². The first kappa shape index (κ1) is 21.8. The molecule has 27 heavy (non-hydrogen) atoms. The summed E-state index contributed by atoms with van der Waals surface area (Å²) in [6.07, 6.45) is 1.93. The molecule has 0 aromatic heterocycles. The van der Waals surface area contributed by atoms with Gasteiger partial charge in [-0.2, -0.15) is 0 Å². The maximum atomic E-state index is 12.9. The molecule has 0 atom stereocenters. The maximum Gasteiger partial charge on any atom is 0.257 e. The van der Waals surface area contributed by atoms with Crippen LogP contribution in [0.3, 0.4) is 0 Å². The number of nitrogens with one attached hydrogen (secondary N) is 1. The monoisotopic (exact) mass is 428 g/mol. The van der Waals surface area contributed by atoms with Crippen LogP contribution in [0.15, 0.2) is 42.5 Å². The van der Waals surface area contributed by atoms with Gasteiger partial charge >= 0.3 is 0 Å². The number of rotatable bonds is 5. The van der Waals surface area contributed by atoms with E-state index in [0.29, 0.717) is 27.4 Å². The van der Waals surface area contributed by atoms with Crippen LogP contribution in [0, 0.1) is 0 Å². The molecule has 0 unspecified atom stereocenters. The van der Waals surface area contributed by atoms with E-state index in [-0.39, 0.29) is 24.9 Å². The Balaban J connectivity index is 0.00000261.